The van der Waals surface area contributed by atoms with E-state index >= 15 is 0 Å². The van der Waals surface area contributed by atoms with Crippen molar-refractivity contribution in [2.24, 2.45) is 11.7 Å². The predicted octanol–water partition coefficient (Wildman–Crippen LogP) is 0.736. The number of carbonyl (C=O) groups excluding carboxylic acids is 1. The fraction of sp³-hybridized carbons (Fsp3) is 0.900. The Balaban J connectivity index is 1.92. The number of hydrogen-bond donors (Lipinski definition) is 1. The normalized spacial score (nSPS) is 30.4. The molecular weight excluding hydrogens is 164 g/mol. The number of hydrogen-bond acceptors (Lipinski definition) is 2. The number of nitrogens with zero attached hydrogens (tertiary/aromatic N) is 1. The standard InChI is InChI=1S/C10H18N2O/c11-9-3-1-2-6-12(10(9)13)7-8-4-5-8/h8-9H,1-7,11H2. The van der Waals surface area contributed by atoms with E-state index in [9.17, 15) is 4.79 Å². The van der Waals surface area contributed by atoms with Crippen LogP contribution in [0.25, 0.3) is 0 Å². The highest BCUT2D eigenvalue weighted by Crippen LogP contribution is 2.30. The predicted molar refractivity (Wildman–Crippen MR) is 51.1 cm³/mol. The Kier molecular flexibility index (Phi) is 2.54. The van der Waals surface area contributed by atoms with Crippen molar-refractivity contribution in [1.82, 2.24) is 4.90 Å². The van der Waals surface area contributed by atoms with Crippen molar-refractivity contribution in [2.75, 3.05) is 13.1 Å². The highest BCUT2D eigenvalue weighted by molar-refractivity contribution is 5.81. The second kappa shape index (κ2) is 3.66. The highest BCUT2D eigenvalue weighted by atomic mass is 16.2. The van der Waals surface area contributed by atoms with Gasteiger partial charge in [-0.15, -0.1) is 0 Å². The molecule has 1 aliphatic carbocycles. The van der Waals surface area contributed by atoms with Crippen molar-refractivity contribution in [3.05, 3.63) is 0 Å². The molecule has 2 N–H and O–H groups in total. The van der Waals surface area contributed by atoms with Gasteiger partial charge in [-0.3, -0.25) is 4.79 Å². The van der Waals surface area contributed by atoms with E-state index in [4.69, 9.17) is 5.73 Å². The van der Waals surface area contributed by atoms with E-state index in [2.05, 4.69) is 0 Å². The summed E-state index contributed by atoms with van der Waals surface area (Å²) in [7, 11) is 0. The Hall–Kier alpha value is -0.570. The molecule has 1 heterocycles. The molecule has 13 heavy (non-hydrogen) atoms. The second-order valence-electron chi connectivity index (χ2n) is 4.33. The SMILES string of the molecule is NC1CCCCN(CC2CC2)C1=O. The van der Waals surface area contributed by atoms with Crippen molar-refractivity contribution >= 4 is 5.91 Å². The maximum Gasteiger partial charge on any atom is 0.239 e. The van der Waals surface area contributed by atoms with E-state index in [0.717, 1.165) is 38.3 Å². The lowest BCUT2D eigenvalue weighted by Gasteiger charge is -2.22. The van der Waals surface area contributed by atoms with Crippen LogP contribution in [0.3, 0.4) is 0 Å². The van der Waals surface area contributed by atoms with Gasteiger partial charge in [0.15, 0.2) is 0 Å². The summed E-state index contributed by atoms with van der Waals surface area (Å²) in [5.41, 5.74) is 5.77. The average molecular weight is 182 g/mol. The van der Waals surface area contributed by atoms with E-state index < -0.39 is 0 Å². The largest absolute Gasteiger partial charge is 0.341 e. The molecule has 2 rings (SSSR count). The summed E-state index contributed by atoms with van der Waals surface area (Å²) in [6.07, 6.45) is 5.72. The zero-order valence-electron chi connectivity index (χ0n) is 8.04. The molecule has 1 amide bonds. The summed E-state index contributed by atoms with van der Waals surface area (Å²) < 4.78 is 0. The molecule has 0 bridgehead atoms. The molecule has 3 nitrogen and oxygen atoms in total. The van der Waals surface area contributed by atoms with E-state index in [-0.39, 0.29) is 11.9 Å². The summed E-state index contributed by atoms with van der Waals surface area (Å²) in [6.45, 7) is 1.90. The number of amides is 1. The minimum Gasteiger partial charge on any atom is -0.341 e. The van der Waals surface area contributed by atoms with Crippen molar-refractivity contribution in [1.29, 1.82) is 0 Å². The monoisotopic (exact) mass is 182 g/mol. The van der Waals surface area contributed by atoms with Gasteiger partial charge in [-0.1, -0.05) is 0 Å². The van der Waals surface area contributed by atoms with Gasteiger partial charge in [0.2, 0.25) is 5.91 Å². The molecule has 0 aromatic rings. The van der Waals surface area contributed by atoms with Crippen molar-refractivity contribution in [2.45, 2.75) is 38.1 Å². The first-order valence-electron chi connectivity index (χ1n) is 5.32. The van der Waals surface area contributed by atoms with Gasteiger partial charge in [-0.2, -0.15) is 0 Å². The second-order valence-corrected chi connectivity index (χ2v) is 4.33. The molecule has 0 aromatic carbocycles. The number of carbonyl (C=O) groups is 1. The molecule has 1 unspecified atom stereocenters. The lowest BCUT2D eigenvalue weighted by molar-refractivity contribution is -0.132. The van der Waals surface area contributed by atoms with Crippen LogP contribution in [0.1, 0.15) is 32.1 Å². The average Bonchev–Trinajstić information content (AvgIpc) is 2.91. The summed E-state index contributed by atoms with van der Waals surface area (Å²) >= 11 is 0. The fourth-order valence-corrected chi connectivity index (χ4v) is 1.93. The Morgan fingerprint density at radius 1 is 1.31 bits per heavy atom. The maximum absolute atomic E-state index is 11.7. The van der Waals surface area contributed by atoms with Crippen LogP contribution >= 0.6 is 0 Å². The maximum atomic E-state index is 11.7. The number of rotatable bonds is 2. The molecule has 1 saturated carbocycles. The van der Waals surface area contributed by atoms with E-state index in [1.165, 1.54) is 12.8 Å². The lowest BCUT2D eigenvalue weighted by atomic mass is 10.1. The molecule has 2 fully saturated rings. The summed E-state index contributed by atoms with van der Waals surface area (Å²) in [5, 5.41) is 0. The Labute approximate surface area is 79.3 Å². The summed E-state index contributed by atoms with van der Waals surface area (Å²) in [4.78, 5) is 13.7. The molecule has 0 spiro atoms. The fourth-order valence-electron chi connectivity index (χ4n) is 1.93. The zero-order valence-corrected chi connectivity index (χ0v) is 8.04. The first-order valence-corrected chi connectivity index (χ1v) is 5.32. The first kappa shape index (κ1) is 9.00. The van der Waals surface area contributed by atoms with Crippen LogP contribution in [-0.2, 0) is 4.79 Å². The minimum absolute atomic E-state index is 0.185. The van der Waals surface area contributed by atoms with Gasteiger partial charge >= 0.3 is 0 Å². The van der Waals surface area contributed by atoms with Crippen molar-refractivity contribution in [3.8, 4) is 0 Å². The number of likely N-dealkylation sites (tertiary alicyclic amines) is 1. The van der Waals surface area contributed by atoms with E-state index in [1.54, 1.807) is 0 Å². The first-order chi connectivity index (χ1) is 6.27. The Morgan fingerprint density at radius 2 is 2.08 bits per heavy atom. The molecule has 1 saturated heterocycles. The lowest BCUT2D eigenvalue weighted by Crippen LogP contribution is -2.43. The molecule has 3 heteroatoms. The van der Waals surface area contributed by atoms with Crippen LogP contribution in [0.15, 0.2) is 0 Å². The van der Waals surface area contributed by atoms with Crippen LogP contribution in [-0.4, -0.2) is 29.9 Å². The quantitative estimate of drug-likeness (QED) is 0.684. The molecule has 74 valence electrons. The van der Waals surface area contributed by atoms with Gasteiger partial charge in [0.05, 0.1) is 6.04 Å². The van der Waals surface area contributed by atoms with E-state index in [0.29, 0.717) is 0 Å². The Bertz CT molecular complexity index is 201. The minimum atomic E-state index is -0.221. The van der Waals surface area contributed by atoms with Gasteiger partial charge in [0, 0.05) is 13.1 Å². The molecule has 0 aromatic heterocycles. The Morgan fingerprint density at radius 3 is 2.77 bits per heavy atom. The molecule has 1 aliphatic heterocycles. The van der Waals surface area contributed by atoms with E-state index in [1.807, 2.05) is 4.90 Å². The molecule has 2 aliphatic rings. The van der Waals surface area contributed by atoms with Gasteiger partial charge in [-0.05, 0) is 38.0 Å². The number of nitrogens with two attached hydrogens (primary N) is 1. The van der Waals surface area contributed by atoms with Crippen molar-refractivity contribution in [3.63, 3.8) is 0 Å². The highest BCUT2D eigenvalue weighted by Gasteiger charge is 2.29. The molecule has 1 atom stereocenters. The van der Waals surface area contributed by atoms with Gasteiger partial charge in [0.1, 0.15) is 0 Å². The zero-order chi connectivity index (χ0) is 9.26. The van der Waals surface area contributed by atoms with Crippen LogP contribution in [0.4, 0.5) is 0 Å². The third-order valence-electron chi connectivity index (χ3n) is 3.00. The van der Waals surface area contributed by atoms with Crippen LogP contribution in [0.2, 0.25) is 0 Å². The third-order valence-corrected chi connectivity index (χ3v) is 3.00. The topological polar surface area (TPSA) is 46.3 Å². The van der Waals surface area contributed by atoms with Crippen molar-refractivity contribution < 1.29 is 4.79 Å². The van der Waals surface area contributed by atoms with Gasteiger partial charge in [0.25, 0.3) is 0 Å². The van der Waals surface area contributed by atoms with Crippen LogP contribution in [0, 0.1) is 5.92 Å². The summed E-state index contributed by atoms with van der Waals surface area (Å²) in [6, 6.07) is -0.221. The molecular formula is C10H18N2O. The smallest absolute Gasteiger partial charge is 0.239 e. The van der Waals surface area contributed by atoms with Crippen LogP contribution in [0.5, 0.6) is 0 Å². The molecule has 0 radical (unpaired) electrons. The third kappa shape index (κ3) is 2.21. The van der Waals surface area contributed by atoms with Gasteiger partial charge < -0.3 is 10.6 Å². The van der Waals surface area contributed by atoms with Gasteiger partial charge in [-0.25, -0.2) is 0 Å². The summed E-state index contributed by atoms with van der Waals surface area (Å²) in [5.74, 6) is 0.971. The van der Waals surface area contributed by atoms with Crippen LogP contribution < -0.4 is 5.73 Å².